The minimum absolute atomic E-state index is 0.384. The van der Waals surface area contributed by atoms with E-state index in [1.54, 1.807) is 36.4 Å². The maximum absolute atomic E-state index is 12.1. The first-order valence-electron chi connectivity index (χ1n) is 6.99. The molecule has 0 atom stereocenters. The topological polar surface area (TPSA) is 46.1 Å². The summed E-state index contributed by atoms with van der Waals surface area (Å²) < 4.78 is 1.84. The Bertz CT molecular complexity index is 862. The predicted octanol–water partition coefficient (Wildman–Crippen LogP) is 6.08. The van der Waals surface area contributed by atoms with Crippen LogP contribution in [0, 0.1) is 0 Å². The van der Waals surface area contributed by atoms with Gasteiger partial charge < -0.3 is 15.2 Å². The second-order valence-corrected chi connectivity index (χ2v) is 6.21. The van der Waals surface area contributed by atoms with Gasteiger partial charge in [0, 0.05) is 23.1 Å². The van der Waals surface area contributed by atoms with E-state index in [0.29, 0.717) is 26.4 Å². The number of rotatable bonds is 3. The fourth-order valence-corrected chi connectivity index (χ4v) is 2.74. The number of nitrogens with zero attached hydrogens (tertiary/aromatic N) is 1. The van der Waals surface area contributed by atoms with Crippen LogP contribution in [0.1, 0.15) is 0 Å². The minimum atomic E-state index is -0.427. The zero-order valence-corrected chi connectivity index (χ0v) is 14.5. The molecule has 2 N–H and O–H groups in total. The number of hydrogen-bond donors (Lipinski definition) is 2. The molecule has 0 aliphatic carbocycles. The third-order valence-electron chi connectivity index (χ3n) is 3.27. The van der Waals surface area contributed by atoms with Crippen molar-refractivity contribution in [2.24, 2.45) is 0 Å². The number of halogens is 3. The van der Waals surface area contributed by atoms with E-state index in [-0.39, 0.29) is 0 Å². The zero-order valence-electron chi connectivity index (χ0n) is 12.3. The number of urea groups is 1. The van der Waals surface area contributed by atoms with Crippen LogP contribution in [0.5, 0.6) is 0 Å². The Kier molecular flexibility index (Phi) is 5.00. The van der Waals surface area contributed by atoms with E-state index in [9.17, 15) is 4.79 Å². The molecule has 3 aromatic rings. The van der Waals surface area contributed by atoms with Crippen LogP contribution in [0.4, 0.5) is 16.2 Å². The van der Waals surface area contributed by atoms with Gasteiger partial charge in [0.25, 0.3) is 0 Å². The van der Waals surface area contributed by atoms with Crippen molar-refractivity contribution in [2.45, 2.75) is 0 Å². The van der Waals surface area contributed by atoms with Gasteiger partial charge in [0.05, 0.1) is 21.4 Å². The normalized spacial score (nSPS) is 10.5. The fraction of sp³-hybridized carbons (Fsp3) is 0. The van der Waals surface area contributed by atoms with E-state index in [1.807, 2.05) is 29.1 Å². The van der Waals surface area contributed by atoms with Crippen molar-refractivity contribution in [3.63, 3.8) is 0 Å². The van der Waals surface area contributed by atoms with Crippen LogP contribution in [0.15, 0.2) is 60.9 Å². The summed E-state index contributed by atoms with van der Waals surface area (Å²) in [6, 6.07) is 13.4. The lowest BCUT2D eigenvalue weighted by molar-refractivity contribution is 0.262. The highest BCUT2D eigenvalue weighted by atomic mass is 35.5. The summed E-state index contributed by atoms with van der Waals surface area (Å²) in [5.41, 5.74) is 1.77. The third-order valence-corrected chi connectivity index (χ3v) is 4.14. The highest BCUT2D eigenvalue weighted by Gasteiger charge is 2.11. The highest BCUT2D eigenvalue weighted by molar-refractivity contribution is 6.37. The summed E-state index contributed by atoms with van der Waals surface area (Å²) in [4.78, 5) is 12.1. The summed E-state index contributed by atoms with van der Waals surface area (Å²) in [6.45, 7) is 0. The monoisotopic (exact) mass is 379 g/mol. The fourth-order valence-electron chi connectivity index (χ4n) is 2.14. The van der Waals surface area contributed by atoms with E-state index >= 15 is 0 Å². The molecule has 0 fully saturated rings. The number of hydrogen-bond acceptors (Lipinski definition) is 1. The average Bonchev–Trinajstić information content (AvgIpc) is 3.07. The number of aromatic nitrogens is 1. The second kappa shape index (κ2) is 7.18. The molecule has 1 aromatic heterocycles. The van der Waals surface area contributed by atoms with Crippen molar-refractivity contribution >= 4 is 52.2 Å². The molecule has 2 aromatic carbocycles. The first-order valence-corrected chi connectivity index (χ1v) is 8.12. The van der Waals surface area contributed by atoms with Gasteiger partial charge in [0.1, 0.15) is 0 Å². The summed E-state index contributed by atoms with van der Waals surface area (Å²) in [6.07, 6.45) is 3.72. The molecule has 24 heavy (non-hydrogen) atoms. The van der Waals surface area contributed by atoms with Crippen molar-refractivity contribution in [2.75, 3.05) is 10.6 Å². The SMILES string of the molecule is O=C(Nc1ccc(Cl)cc1)Nc1cc(Cl)c(-n2cccc2)cc1Cl. The number of nitrogens with one attached hydrogen (secondary N) is 2. The van der Waals surface area contributed by atoms with Gasteiger partial charge >= 0.3 is 6.03 Å². The van der Waals surface area contributed by atoms with Gasteiger partial charge in [-0.15, -0.1) is 0 Å². The molecule has 0 unspecified atom stereocenters. The summed E-state index contributed by atoms with van der Waals surface area (Å²) in [5.74, 6) is 0. The molecule has 2 amide bonds. The van der Waals surface area contributed by atoms with Crippen LogP contribution in [0.25, 0.3) is 5.69 Å². The van der Waals surface area contributed by atoms with Crippen LogP contribution >= 0.6 is 34.8 Å². The van der Waals surface area contributed by atoms with Gasteiger partial charge in [0.15, 0.2) is 0 Å². The molecule has 4 nitrogen and oxygen atoms in total. The van der Waals surface area contributed by atoms with Crippen molar-refractivity contribution in [3.8, 4) is 5.69 Å². The summed E-state index contributed by atoms with van der Waals surface area (Å²) in [7, 11) is 0. The van der Waals surface area contributed by atoms with Crippen molar-refractivity contribution < 1.29 is 4.79 Å². The molecule has 0 spiro atoms. The van der Waals surface area contributed by atoms with Gasteiger partial charge in [-0.1, -0.05) is 34.8 Å². The number of carbonyl (C=O) groups is 1. The van der Waals surface area contributed by atoms with Crippen LogP contribution in [-0.2, 0) is 0 Å². The minimum Gasteiger partial charge on any atom is -0.322 e. The Morgan fingerprint density at radius 3 is 2.21 bits per heavy atom. The van der Waals surface area contributed by atoms with E-state index in [1.165, 1.54) is 0 Å². The number of benzene rings is 2. The lowest BCUT2D eigenvalue weighted by Crippen LogP contribution is -2.19. The Morgan fingerprint density at radius 2 is 1.54 bits per heavy atom. The van der Waals surface area contributed by atoms with Crippen molar-refractivity contribution in [1.82, 2.24) is 4.57 Å². The Labute approximate surface area is 154 Å². The Balaban J connectivity index is 1.76. The smallest absolute Gasteiger partial charge is 0.322 e. The van der Waals surface area contributed by atoms with Crippen molar-refractivity contribution in [3.05, 3.63) is 76.0 Å². The number of amides is 2. The molecule has 0 saturated heterocycles. The summed E-state index contributed by atoms with van der Waals surface area (Å²) >= 11 is 18.4. The molecule has 0 radical (unpaired) electrons. The Hall–Kier alpha value is -2.14. The van der Waals surface area contributed by atoms with Gasteiger partial charge in [-0.05, 0) is 48.5 Å². The van der Waals surface area contributed by atoms with Gasteiger partial charge in [-0.25, -0.2) is 4.79 Å². The largest absolute Gasteiger partial charge is 0.323 e. The predicted molar refractivity (Wildman–Crippen MR) is 99.9 cm³/mol. The van der Waals surface area contributed by atoms with E-state index in [4.69, 9.17) is 34.8 Å². The van der Waals surface area contributed by atoms with E-state index in [0.717, 1.165) is 5.69 Å². The standard InChI is InChI=1S/C17H12Cl3N3O/c18-11-3-5-12(6-4-11)21-17(24)22-15-9-14(20)16(10-13(15)19)23-7-1-2-8-23/h1-10H,(H2,21,22,24). The molecule has 3 rings (SSSR count). The molecule has 122 valence electrons. The second-order valence-electron chi connectivity index (χ2n) is 4.96. The van der Waals surface area contributed by atoms with Gasteiger partial charge in [-0.2, -0.15) is 0 Å². The highest BCUT2D eigenvalue weighted by Crippen LogP contribution is 2.31. The first-order chi connectivity index (χ1) is 11.5. The van der Waals surface area contributed by atoms with Crippen LogP contribution in [-0.4, -0.2) is 10.6 Å². The lowest BCUT2D eigenvalue weighted by atomic mass is 10.2. The van der Waals surface area contributed by atoms with Crippen LogP contribution in [0.2, 0.25) is 15.1 Å². The number of carbonyl (C=O) groups excluding carboxylic acids is 1. The maximum atomic E-state index is 12.1. The van der Waals surface area contributed by atoms with E-state index < -0.39 is 6.03 Å². The molecule has 0 saturated carbocycles. The lowest BCUT2D eigenvalue weighted by Gasteiger charge is -2.12. The molecule has 0 aliphatic rings. The van der Waals surface area contributed by atoms with Gasteiger partial charge in [0.2, 0.25) is 0 Å². The molecular formula is C17H12Cl3N3O. The molecule has 7 heteroatoms. The molecule has 0 aliphatic heterocycles. The third kappa shape index (κ3) is 3.85. The number of anilines is 2. The molecule has 0 bridgehead atoms. The average molecular weight is 381 g/mol. The summed E-state index contributed by atoms with van der Waals surface area (Å²) in [5, 5.41) is 6.82. The maximum Gasteiger partial charge on any atom is 0.323 e. The van der Waals surface area contributed by atoms with Crippen molar-refractivity contribution in [1.29, 1.82) is 0 Å². The first kappa shape index (κ1) is 16.7. The van der Waals surface area contributed by atoms with Crippen LogP contribution < -0.4 is 10.6 Å². The molecule has 1 heterocycles. The van der Waals surface area contributed by atoms with E-state index in [2.05, 4.69) is 10.6 Å². The zero-order chi connectivity index (χ0) is 17.1. The van der Waals surface area contributed by atoms with Crippen LogP contribution in [0.3, 0.4) is 0 Å². The van der Waals surface area contributed by atoms with Gasteiger partial charge in [-0.3, -0.25) is 0 Å². The quantitative estimate of drug-likeness (QED) is 0.568. The molecular weight excluding hydrogens is 369 g/mol. The Morgan fingerprint density at radius 1 is 0.875 bits per heavy atom.